The maximum Gasteiger partial charge on any atom is 0.344 e. The summed E-state index contributed by atoms with van der Waals surface area (Å²) >= 11 is 3.88. The van der Waals surface area contributed by atoms with Crippen molar-refractivity contribution in [3.63, 3.8) is 0 Å². The highest BCUT2D eigenvalue weighted by atomic mass is 32.2. The van der Waals surface area contributed by atoms with Crippen molar-refractivity contribution < 1.29 is 23.5 Å². The second kappa shape index (κ2) is 10.5. The average molecular weight is 436 g/mol. The minimum atomic E-state index is -0.655. The van der Waals surface area contributed by atoms with Gasteiger partial charge in [-0.05, 0) is 60.2 Å². The number of nitrogens with one attached hydrogen (secondary N) is 1. The van der Waals surface area contributed by atoms with Crippen LogP contribution in [0.25, 0.3) is 0 Å². The van der Waals surface area contributed by atoms with E-state index in [1.54, 1.807) is 19.1 Å². The molecule has 0 unspecified atom stereocenters. The van der Waals surface area contributed by atoms with Crippen molar-refractivity contribution in [3.8, 4) is 5.75 Å². The Kier molecular flexibility index (Phi) is 7.83. The van der Waals surface area contributed by atoms with Gasteiger partial charge in [0, 0.05) is 5.69 Å². The highest BCUT2D eigenvalue weighted by Gasteiger charge is 2.16. The molecule has 0 saturated carbocycles. The number of carbonyl (C=O) groups is 2. The summed E-state index contributed by atoms with van der Waals surface area (Å²) in [6.45, 7) is 0.871. The summed E-state index contributed by atoms with van der Waals surface area (Å²) in [5, 5.41) is 2.48. The molecule has 5 nitrogen and oxygen atoms in total. The minimum Gasteiger partial charge on any atom is -0.482 e. The van der Waals surface area contributed by atoms with Gasteiger partial charge in [-0.25, -0.2) is 9.18 Å². The fourth-order valence-corrected chi connectivity index (χ4v) is 5.49. The Morgan fingerprint density at radius 2 is 1.83 bits per heavy atom. The van der Waals surface area contributed by atoms with Gasteiger partial charge in [-0.1, -0.05) is 18.2 Å². The summed E-state index contributed by atoms with van der Waals surface area (Å²) in [5.74, 6) is 1.30. The Hall–Kier alpha value is -2.19. The lowest BCUT2D eigenvalue weighted by atomic mass is 10.2. The average Bonchev–Trinajstić information content (AvgIpc) is 2.74. The molecule has 1 fully saturated rings. The molecular formula is C21H22FNO4S2. The number of benzene rings is 2. The lowest BCUT2D eigenvalue weighted by Crippen LogP contribution is -2.23. The molecule has 0 aromatic heterocycles. The van der Waals surface area contributed by atoms with Gasteiger partial charge in [-0.15, -0.1) is 23.5 Å². The number of aryl methyl sites for hydroxylation is 1. The van der Waals surface area contributed by atoms with Crippen molar-refractivity contribution in [1.29, 1.82) is 0 Å². The number of amides is 1. The number of rotatable bonds is 7. The Morgan fingerprint density at radius 1 is 1.10 bits per heavy atom. The van der Waals surface area contributed by atoms with Gasteiger partial charge in [-0.3, -0.25) is 4.79 Å². The zero-order valence-corrected chi connectivity index (χ0v) is 17.6. The number of thioether (sulfide) groups is 2. The molecule has 0 bridgehead atoms. The number of hydrogen-bond donors (Lipinski definition) is 1. The summed E-state index contributed by atoms with van der Waals surface area (Å²) < 4.78 is 24.2. The highest BCUT2D eigenvalue weighted by molar-refractivity contribution is 8.16. The van der Waals surface area contributed by atoms with Crippen LogP contribution in [0.2, 0.25) is 0 Å². The van der Waals surface area contributed by atoms with Crippen molar-refractivity contribution in [3.05, 3.63) is 59.4 Å². The van der Waals surface area contributed by atoms with Gasteiger partial charge < -0.3 is 14.8 Å². The molecule has 1 N–H and O–H groups in total. The van der Waals surface area contributed by atoms with Crippen LogP contribution in [-0.4, -0.2) is 36.6 Å². The Morgan fingerprint density at radius 3 is 2.52 bits per heavy atom. The van der Waals surface area contributed by atoms with Crippen molar-refractivity contribution in [2.75, 3.05) is 30.0 Å². The van der Waals surface area contributed by atoms with E-state index in [9.17, 15) is 14.0 Å². The van der Waals surface area contributed by atoms with E-state index in [-0.39, 0.29) is 6.61 Å². The molecule has 1 heterocycles. The van der Waals surface area contributed by atoms with Gasteiger partial charge in [0.1, 0.15) is 11.6 Å². The third-order valence-corrected chi connectivity index (χ3v) is 7.17. The fraction of sp³-hybridized carbons (Fsp3) is 0.333. The van der Waals surface area contributed by atoms with Crippen molar-refractivity contribution in [1.82, 2.24) is 0 Å². The topological polar surface area (TPSA) is 64.6 Å². The van der Waals surface area contributed by atoms with Gasteiger partial charge in [0.15, 0.2) is 13.2 Å². The molecule has 3 rings (SSSR count). The number of anilines is 1. The number of carbonyl (C=O) groups excluding carboxylic acids is 2. The van der Waals surface area contributed by atoms with Gasteiger partial charge >= 0.3 is 5.97 Å². The molecule has 2 aromatic carbocycles. The second-order valence-corrected chi connectivity index (χ2v) is 9.18. The van der Waals surface area contributed by atoms with Crippen molar-refractivity contribution in [2.24, 2.45) is 0 Å². The third-order valence-electron chi connectivity index (χ3n) is 4.16. The smallest absolute Gasteiger partial charge is 0.344 e. The predicted molar refractivity (Wildman–Crippen MR) is 115 cm³/mol. The van der Waals surface area contributed by atoms with Crippen LogP contribution in [0.4, 0.5) is 10.1 Å². The number of ether oxygens (including phenoxy) is 2. The Labute approximate surface area is 177 Å². The minimum absolute atomic E-state index is 0.293. The monoisotopic (exact) mass is 435 g/mol. The quantitative estimate of drug-likeness (QED) is 0.643. The van der Waals surface area contributed by atoms with Crippen molar-refractivity contribution >= 4 is 41.1 Å². The first-order valence-corrected chi connectivity index (χ1v) is 11.3. The van der Waals surface area contributed by atoms with Gasteiger partial charge in [-0.2, -0.15) is 0 Å². The number of hydrogen-bond acceptors (Lipinski definition) is 6. The molecule has 1 aliphatic heterocycles. The molecule has 0 radical (unpaired) electrons. The molecular weight excluding hydrogens is 413 g/mol. The SMILES string of the molecule is Cc1ccc(NC(=O)COC(=O)COc2ccc(C3SCCCS3)cc2)cc1F. The van der Waals surface area contributed by atoms with Crippen molar-refractivity contribution in [2.45, 2.75) is 17.9 Å². The maximum absolute atomic E-state index is 13.5. The van der Waals surface area contributed by atoms with Crippen LogP contribution in [0, 0.1) is 12.7 Å². The van der Waals surface area contributed by atoms with Gasteiger partial charge in [0.2, 0.25) is 0 Å². The molecule has 0 spiro atoms. The van der Waals surface area contributed by atoms with Crippen LogP contribution in [0.1, 0.15) is 22.1 Å². The Bertz CT molecular complexity index is 854. The lowest BCUT2D eigenvalue weighted by Gasteiger charge is -2.21. The summed E-state index contributed by atoms with van der Waals surface area (Å²) in [4.78, 5) is 23.6. The molecule has 29 heavy (non-hydrogen) atoms. The molecule has 1 aliphatic rings. The highest BCUT2D eigenvalue weighted by Crippen LogP contribution is 2.43. The van der Waals surface area contributed by atoms with Crippen LogP contribution >= 0.6 is 23.5 Å². The number of esters is 1. The van der Waals surface area contributed by atoms with E-state index in [1.807, 2.05) is 47.8 Å². The van der Waals surface area contributed by atoms with E-state index in [2.05, 4.69) is 5.32 Å². The first-order valence-electron chi connectivity index (χ1n) is 9.19. The number of halogens is 1. The molecule has 1 amide bonds. The molecule has 154 valence electrons. The lowest BCUT2D eigenvalue weighted by molar-refractivity contribution is -0.149. The molecule has 1 saturated heterocycles. The zero-order chi connectivity index (χ0) is 20.6. The van der Waals surface area contributed by atoms with E-state index < -0.39 is 24.3 Å². The largest absolute Gasteiger partial charge is 0.482 e. The third kappa shape index (κ3) is 6.68. The second-order valence-electron chi connectivity index (χ2n) is 6.46. The molecule has 2 aromatic rings. The predicted octanol–water partition coefficient (Wildman–Crippen LogP) is 4.56. The fourth-order valence-electron chi connectivity index (χ4n) is 2.60. The standard InChI is InChI=1S/C21H22FNO4S2/c1-14-3-6-16(11-18(14)22)23-19(24)12-27-20(25)13-26-17-7-4-15(5-8-17)21-28-9-2-10-29-21/h3-8,11,21H,2,9-10,12-13H2,1H3,(H,23,24). The zero-order valence-electron chi connectivity index (χ0n) is 16.0. The van der Waals surface area contributed by atoms with E-state index in [0.717, 1.165) is 0 Å². The van der Waals surface area contributed by atoms with Crippen LogP contribution in [0.5, 0.6) is 5.75 Å². The van der Waals surface area contributed by atoms with E-state index in [0.29, 0.717) is 21.6 Å². The van der Waals surface area contributed by atoms with Crippen LogP contribution < -0.4 is 10.1 Å². The molecule has 0 atom stereocenters. The summed E-state index contributed by atoms with van der Waals surface area (Å²) in [5.41, 5.74) is 2.02. The van der Waals surface area contributed by atoms with Crippen LogP contribution in [-0.2, 0) is 14.3 Å². The van der Waals surface area contributed by atoms with E-state index in [4.69, 9.17) is 9.47 Å². The van der Waals surface area contributed by atoms with E-state index >= 15 is 0 Å². The van der Waals surface area contributed by atoms with Crippen LogP contribution in [0.3, 0.4) is 0 Å². The van der Waals surface area contributed by atoms with Gasteiger partial charge in [0.25, 0.3) is 5.91 Å². The molecule has 8 heteroatoms. The molecule has 0 aliphatic carbocycles. The maximum atomic E-state index is 13.5. The summed E-state index contributed by atoms with van der Waals surface area (Å²) in [7, 11) is 0. The first kappa shape index (κ1) is 21.5. The Balaban J connectivity index is 1.39. The first-order chi connectivity index (χ1) is 14.0. The summed E-state index contributed by atoms with van der Waals surface area (Å²) in [6.07, 6.45) is 1.25. The van der Waals surface area contributed by atoms with E-state index in [1.165, 1.54) is 29.6 Å². The normalized spacial score (nSPS) is 14.3. The summed E-state index contributed by atoms with van der Waals surface area (Å²) in [6, 6.07) is 12.0. The van der Waals surface area contributed by atoms with Gasteiger partial charge in [0.05, 0.1) is 4.58 Å². The van der Waals surface area contributed by atoms with Crippen LogP contribution in [0.15, 0.2) is 42.5 Å².